The molecular weight excluding hydrogens is 240 g/mol. The Morgan fingerprint density at radius 2 is 2.18 bits per heavy atom. The minimum atomic E-state index is -0.112. The molecule has 5 nitrogen and oxygen atoms in total. The zero-order valence-corrected chi connectivity index (χ0v) is 10.4. The maximum atomic E-state index is 11.6. The smallest absolute Gasteiger partial charge is 0.250 e. The van der Waals surface area contributed by atoms with E-state index in [9.17, 15) is 4.79 Å². The van der Waals surface area contributed by atoms with Crippen molar-refractivity contribution in [2.45, 2.75) is 13.5 Å². The summed E-state index contributed by atoms with van der Waals surface area (Å²) in [7, 11) is 1.76. The first kappa shape index (κ1) is 11.7. The molecule has 2 aromatic heterocycles. The highest BCUT2D eigenvalue weighted by molar-refractivity contribution is 6.30. The standard InChI is InChI=1S/C11H13ClN4O/c1-7-9(11(12)15(2)14-7)6-16-5-8(13)3-4-10(16)17/h3-5H,6,13H2,1-2H3. The summed E-state index contributed by atoms with van der Waals surface area (Å²) in [5.41, 5.74) is 7.73. The highest BCUT2D eigenvalue weighted by Gasteiger charge is 2.12. The largest absolute Gasteiger partial charge is 0.398 e. The Hall–Kier alpha value is -1.75. The van der Waals surface area contributed by atoms with Gasteiger partial charge in [-0.2, -0.15) is 5.10 Å². The second-order valence-corrected chi connectivity index (χ2v) is 4.26. The third-order valence-corrected chi connectivity index (χ3v) is 3.08. The number of pyridine rings is 1. The van der Waals surface area contributed by atoms with Crippen molar-refractivity contribution in [1.29, 1.82) is 0 Å². The highest BCUT2D eigenvalue weighted by atomic mass is 35.5. The lowest BCUT2D eigenvalue weighted by Gasteiger charge is -2.06. The van der Waals surface area contributed by atoms with E-state index in [2.05, 4.69) is 5.10 Å². The number of halogens is 1. The lowest BCUT2D eigenvalue weighted by atomic mass is 10.2. The van der Waals surface area contributed by atoms with Crippen LogP contribution in [0.2, 0.25) is 5.15 Å². The van der Waals surface area contributed by atoms with Crippen LogP contribution < -0.4 is 11.3 Å². The van der Waals surface area contributed by atoms with Crippen molar-refractivity contribution >= 4 is 17.3 Å². The van der Waals surface area contributed by atoms with Crippen LogP contribution in [-0.4, -0.2) is 14.3 Å². The van der Waals surface area contributed by atoms with E-state index in [0.29, 0.717) is 17.4 Å². The third kappa shape index (κ3) is 2.19. The number of rotatable bonds is 2. The van der Waals surface area contributed by atoms with Crippen LogP contribution in [-0.2, 0) is 13.6 Å². The zero-order chi connectivity index (χ0) is 12.6. The van der Waals surface area contributed by atoms with E-state index in [4.69, 9.17) is 17.3 Å². The van der Waals surface area contributed by atoms with Crippen LogP contribution in [0.1, 0.15) is 11.3 Å². The van der Waals surface area contributed by atoms with E-state index >= 15 is 0 Å². The third-order valence-electron chi connectivity index (χ3n) is 2.60. The van der Waals surface area contributed by atoms with Crippen LogP contribution in [0.25, 0.3) is 0 Å². The molecule has 17 heavy (non-hydrogen) atoms. The van der Waals surface area contributed by atoms with Gasteiger partial charge in [-0.25, -0.2) is 0 Å². The number of anilines is 1. The second-order valence-electron chi connectivity index (χ2n) is 3.91. The monoisotopic (exact) mass is 252 g/mol. The topological polar surface area (TPSA) is 65.8 Å². The highest BCUT2D eigenvalue weighted by Crippen LogP contribution is 2.19. The molecule has 0 spiro atoms. The number of hydrogen-bond acceptors (Lipinski definition) is 3. The molecule has 0 aliphatic rings. The van der Waals surface area contributed by atoms with Gasteiger partial charge >= 0.3 is 0 Å². The van der Waals surface area contributed by atoms with Crippen LogP contribution in [0, 0.1) is 6.92 Å². The Bertz CT molecular complexity index is 614. The zero-order valence-electron chi connectivity index (χ0n) is 9.64. The predicted molar refractivity (Wildman–Crippen MR) is 67.2 cm³/mol. The summed E-state index contributed by atoms with van der Waals surface area (Å²) >= 11 is 6.11. The minimum absolute atomic E-state index is 0.112. The van der Waals surface area contributed by atoms with Crippen molar-refractivity contribution in [3.63, 3.8) is 0 Å². The molecule has 6 heteroatoms. The molecule has 0 amide bonds. The van der Waals surface area contributed by atoms with Gasteiger partial charge in [0.25, 0.3) is 5.56 Å². The Kier molecular flexibility index (Phi) is 2.93. The van der Waals surface area contributed by atoms with Crippen molar-refractivity contribution < 1.29 is 0 Å². The first-order chi connectivity index (χ1) is 7.99. The van der Waals surface area contributed by atoms with Gasteiger partial charge in [0.15, 0.2) is 0 Å². The van der Waals surface area contributed by atoms with Gasteiger partial charge in [-0.05, 0) is 13.0 Å². The SMILES string of the molecule is Cc1nn(C)c(Cl)c1Cn1cc(N)ccc1=O. The molecule has 0 saturated heterocycles. The van der Waals surface area contributed by atoms with Crippen molar-refractivity contribution in [3.05, 3.63) is 45.1 Å². The molecule has 2 heterocycles. The van der Waals surface area contributed by atoms with Crippen molar-refractivity contribution in [3.8, 4) is 0 Å². The second kappa shape index (κ2) is 4.25. The normalized spacial score (nSPS) is 10.8. The number of nitrogens with zero attached hydrogens (tertiary/aromatic N) is 3. The van der Waals surface area contributed by atoms with E-state index in [-0.39, 0.29) is 5.56 Å². The van der Waals surface area contributed by atoms with Crippen LogP contribution >= 0.6 is 11.6 Å². The Labute approximate surface area is 103 Å². The fraction of sp³-hybridized carbons (Fsp3) is 0.273. The van der Waals surface area contributed by atoms with Gasteiger partial charge < -0.3 is 10.3 Å². The van der Waals surface area contributed by atoms with Gasteiger partial charge in [0, 0.05) is 30.6 Å². The maximum absolute atomic E-state index is 11.6. The lowest BCUT2D eigenvalue weighted by molar-refractivity contribution is 0.751. The molecule has 0 aliphatic carbocycles. The van der Waals surface area contributed by atoms with Crippen molar-refractivity contribution in [2.24, 2.45) is 7.05 Å². The number of hydrogen-bond donors (Lipinski definition) is 1. The fourth-order valence-corrected chi connectivity index (χ4v) is 1.93. The number of nitrogen functional groups attached to an aromatic ring is 1. The summed E-state index contributed by atoms with van der Waals surface area (Å²) in [6, 6.07) is 3.02. The van der Waals surface area contributed by atoms with Gasteiger partial charge in [-0.3, -0.25) is 9.48 Å². The molecular formula is C11H13ClN4O. The number of aryl methyl sites for hydroxylation is 2. The Balaban J connectivity index is 2.44. The summed E-state index contributed by atoms with van der Waals surface area (Å²) in [5.74, 6) is 0. The summed E-state index contributed by atoms with van der Waals surface area (Å²) < 4.78 is 3.11. The van der Waals surface area contributed by atoms with Gasteiger partial charge in [0.05, 0.1) is 12.2 Å². The van der Waals surface area contributed by atoms with E-state index in [1.165, 1.54) is 10.6 Å². The summed E-state index contributed by atoms with van der Waals surface area (Å²) in [6.45, 7) is 2.24. The van der Waals surface area contributed by atoms with Crippen LogP contribution in [0.5, 0.6) is 0 Å². The quantitative estimate of drug-likeness (QED) is 0.873. The van der Waals surface area contributed by atoms with Crippen LogP contribution in [0.4, 0.5) is 5.69 Å². The minimum Gasteiger partial charge on any atom is -0.398 e. The van der Waals surface area contributed by atoms with Gasteiger partial charge in [0.2, 0.25) is 0 Å². The van der Waals surface area contributed by atoms with E-state index in [1.807, 2.05) is 6.92 Å². The molecule has 0 fully saturated rings. The summed E-state index contributed by atoms with van der Waals surface area (Å²) in [5, 5.41) is 4.74. The van der Waals surface area contributed by atoms with Crippen molar-refractivity contribution in [2.75, 3.05) is 5.73 Å². The molecule has 2 aromatic rings. The molecule has 90 valence electrons. The predicted octanol–water partition coefficient (Wildman–Crippen LogP) is 1.17. The van der Waals surface area contributed by atoms with E-state index in [0.717, 1.165) is 11.3 Å². The summed E-state index contributed by atoms with van der Waals surface area (Å²) in [6.07, 6.45) is 1.60. The Morgan fingerprint density at radius 1 is 1.47 bits per heavy atom. The van der Waals surface area contributed by atoms with Gasteiger partial charge in [-0.15, -0.1) is 0 Å². The van der Waals surface area contributed by atoms with Gasteiger partial charge in [-0.1, -0.05) is 11.6 Å². The van der Waals surface area contributed by atoms with Crippen molar-refractivity contribution in [1.82, 2.24) is 14.3 Å². The molecule has 0 aliphatic heterocycles. The maximum Gasteiger partial charge on any atom is 0.250 e. The van der Waals surface area contributed by atoms with Crippen LogP contribution in [0.3, 0.4) is 0 Å². The fourth-order valence-electron chi connectivity index (χ4n) is 1.70. The molecule has 0 radical (unpaired) electrons. The lowest BCUT2D eigenvalue weighted by Crippen LogP contribution is -2.19. The number of aromatic nitrogens is 3. The Morgan fingerprint density at radius 3 is 2.76 bits per heavy atom. The van der Waals surface area contributed by atoms with E-state index < -0.39 is 0 Å². The first-order valence-electron chi connectivity index (χ1n) is 5.13. The average Bonchev–Trinajstić information content (AvgIpc) is 2.50. The first-order valence-corrected chi connectivity index (χ1v) is 5.51. The molecule has 0 bridgehead atoms. The van der Waals surface area contributed by atoms with Crippen LogP contribution in [0.15, 0.2) is 23.1 Å². The number of nitrogens with two attached hydrogens (primary N) is 1. The molecule has 0 unspecified atom stereocenters. The van der Waals surface area contributed by atoms with E-state index in [1.54, 1.807) is 24.0 Å². The molecule has 2 rings (SSSR count). The molecule has 0 atom stereocenters. The average molecular weight is 253 g/mol. The molecule has 2 N–H and O–H groups in total. The summed E-state index contributed by atoms with van der Waals surface area (Å²) in [4.78, 5) is 11.6. The molecule has 0 aromatic carbocycles. The van der Waals surface area contributed by atoms with Gasteiger partial charge in [0.1, 0.15) is 5.15 Å². The molecule has 0 saturated carbocycles.